The van der Waals surface area contributed by atoms with E-state index in [-0.39, 0.29) is 11.8 Å². The second-order valence-corrected chi connectivity index (χ2v) is 9.17. The van der Waals surface area contributed by atoms with Gasteiger partial charge in [0, 0.05) is 62.4 Å². The second-order valence-electron chi connectivity index (χ2n) is 9.17. The fourth-order valence-electron chi connectivity index (χ4n) is 5.15. The number of methoxy groups -OCH3 is 1. The zero-order valence-electron chi connectivity index (χ0n) is 19.0. The summed E-state index contributed by atoms with van der Waals surface area (Å²) in [5.41, 5.74) is 2.93. The molecule has 3 aliphatic rings. The minimum absolute atomic E-state index is 0.0357. The summed E-state index contributed by atoms with van der Waals surface area (Å²) in [6.45, 7) is 4.40. The highest BCUT2D eigenvalue weighted by Gasteiger charge is 2.41. The molecule has 2 saturated heterocycles. The lowest BCUT2D eigenvalue weighted by Crippen LogP contribution is -2.32. The first-order chi connectivity index (χ1) is 16.0. The zero-order valence-corrected chi connectivity index (χ0v) is 19.0. The van der Waals surface area contributed by atoms with Gasteiger partial charge in [-0.3, -0.25) is 14.5 Å². The third-order valence-electron chi connectivity index (χ3n) is 6.74. The maximum absolute atomic E-state index is 12.9. The second kappa shape index (κ2) is 8.86. The van der Waals surface area contributed by atoms with Gasteiger partial charge in [0.05, 0.1) is 19.3 Å². The molecule has 5 rings (SSSR count). The topological polar surface area (TPSA) is 78.0 Å². The van der Waals surface area contributed by atoms with Crippen LogP contribution >= 0.6 is 0 Å². The van der Waals surface area contributed by atoms with Crippen molar-refractivity contribution in [2.24, 2.45) is 11.8 Å². The van der Waals surface area contributed by atoms with Gasteiger partial charge in [-0.1, -0.05) is 12.1 Å². The van der Waals surface area contributed by atoms with Gasteiger partial charge in [-0.25, -0.2) is 4.98 Å². The number of likely N-dealkylation sites (tertiary alicyclic amines) is 1. The van der Waals surface area contributed by atoms with E-state index in [9.17, 15) is 9.59 Å². The molecule has 2 fully saturated rings. The van der Waals surface area contributed by atoms with Gasteiger partial charge >= 0.3 is 0 Å². The molecule has 3 aliphatic heterocycles. The quantitative estimate of drug-likeness (QED) is 0.724. The summed E-state index contributed by atoms with van der Waals surface area (Å²) in [6, 6.07) is 10.1. The Kier molecular flexibility index (Phi) is 5.76. The minimum atomic E-state index is -0.0638. The summed E-state index contributed by atoms with van der Waals surface area (Å²) >= 11 is 0. The molecule has 0 saturated carbocycles. The summed E-state index contributed by atoms with van der Waals surface area (Å²) in [5.74, 6) is 2.41. The molecule has 1 aromatic carbocycles. The Labute approximate surface area is 193 Å². The number of likely N-dealkylation sites (N-methyl/N-ethyl adjacent to an activating group) is 1. The number of benzene rings is 1. The van der Waals surface area contributed by atoms with E-state index in [4.69, 9.17) is 4.74 Å². The number of para-hydroxylation sites is 2. The van der Waals surface area contributed by atoms with Crippen LogP contribution in [0, 0.1) is 11.8 Å². The number of fused-ring (bicyclic) bond motifs is 2. The molecule has 0 spiro atoms. The zero-order chi connectivity index (χ0) is 22.9. The van der Waals surface area contributed by atoms with Crippen molar-refractivity contribution in [1.29, 1.82) is 0 Å². The molecule has 1 N–H and O–H groups in total. The fraction of sp³-hybridized carbons (Fsp3) is 0.400. The van der Waals surface area contributed by atoms with Crippen molar-refractivity contribution in [3.8, 4) is 5.75 Å². The van der Waals surface area contributed by atoms with Crippen molar-refractivity contribution in [3.63, 3.8) is 0 Å². The molecular weight excluding hydrogens is 418 g/mol. The van der Waals surface area contributed by atoms with E-state index >= 15 is 0 Å². The molecule has 2 atom stereocenters. The smallest absolute Gasteiger partial charge is 0.246 e. The fourth-order valence-corrected chi connectivity index (χ4v) is 5.15. The first-order valence-corrected chi connectivity index (χ1v) is 11.3. The van der Waals surface area contributed by atoms with Crippen molar-refractivity contribution < 1.29 is 14.3 Å². The number of hydrogen-bond donors (Lipinski definition) is 1. The van der Waals surface area contributed by atoms with E-state index < -0.39 is 0 Å². The largest absolute Gasteiger partial charge is 0.495 e. The highest BCUT2D eigenvalue weighted by molar-refractivity contribution is 5.93. The lowest BCUT2D eigenvalue weighted by Gasteiger charge is -2.24. The number of aromatic nitrogens is 1. The predicted molar refractivity (Wildman–Crippen MR) is 127 cm³/mol. The van der Waals surface area contributed by atoms with Crippen LogP contribution in [-0.4, -0.2) is 73.5 Å². The first kappa shape index (κ1) is 21.5. The van der Waals surface area contributed by atoms with Crippen LogP contribution in [0.25, 0.3) is 6.08 Å². The molecular formula is C25H29N5O3. The average Bonchev–Trinajstić information content (AvgIpc) is 3.34. The van der Waals surface area contributed by atoms with E-state index in [2.05, 4.69) is 21.3 Å². The lowest BCUT2D eigenvalue weighted by atomic mass is 10.0. The highest BCUT2D eigenvalue weighted by atomic mass is 16.5. The number of anilines is 2. The van der Waals surface area contributed by atoms with Crippen LogP contribution in [0.5, 0.6) is 5.75 Å². The molecule has 1 aromatic heterocycles. The summed E-state index contributed by atoms with van der Waals surface area (Å²) in [7, 11) is 3.61. The molecule has 2 aromatic rings. The van der Waals surface area contributed by atoms with E-state index in [1.807, 2.05) is 47.2 Å². The third kappa shape index (κ3) is 4.43. The van der Waals surface area contributed by atoms with Crippen LogP contribution < -0.4 is 15.0 Å². The predicted octanol–water partition coefficient (Wildman–Crippen LogP) is 2.08. The van der Waals surface area contributed by atoms with Crippen LogP contribution in [0.1, 0.15) is 11.1 Å². The van der Waals surface area contributed by atoms with Gasteiger partial charge in [0.15, 0.2) is 0 Å². The summed E-state index contributed by atoms with van der Waals surface area (Å²) in [5, 5.41) is 2.83. The molecule has 172 valence electrons. The van der Waals surface area contributed by atoms with E-state index in [1.54, 1.807) is 19.4 Å². The number of amides is 2. The summed E-state index contributed by atoms with van der Waals surface area (Å²) < 4.78 is 5.52. The van der Waals surface area contributed by atoms with Crippen LogP contribution in [0.2, 0.25) is 0 Å². The molecule has 2 amide bonds. The Morgan fingerprint density at radius 3 is 2.67 bits per heavy atom. The normalized spacial score (nSPS) is 22.8. The number of nitrogens with zero attached hydrogens (tertiary/aromatic N) is 4. The Balaban J connectivity index is 1.21. The SMILES string of the molecule is COc1ccccc1N1C[C@H]2CN(C(=O)C=Cc3cnc4c(c3)CN(C)CC(=O)N4)C[C@H]2C1. The maximum Gasteiger partial charge on any atom is 0.246 e. The van der Waals surface area contributed by atoms with E-state index in [1.165, 1.54) is 0 Å². The van der Waals surface area contributed by atoms with Crippen molar-refractivity contribution in [2.75, 3.05) is 57.1 Å². The van der Waals surface area contributed by atoms with Gasteiger partial charge in [0.1, 0.15) is 11.6 Å². The number of hydrogen-bond acceptors (Lipinski definition) is 6. The standard InChI is InChI=1S/C25H29N5O3/c1-28-11-18-9-17(10-26-25(18)27-23(31)16-28)7-8-24(32)30-14-19-12-29(13-20(19)15-30)21-5-3-4-6-22(21)33-2/h3-10,19-20H,11-16H2,1-2H3,(H,26,27,31)/t19-,20+. The van der Waals surface area contributed by atoms with Crippen molar-refractivity contribution in [1.82, 2.24) is 14.8 Å². The minimum Gasteiger partial charge on any atom is -0.495 e. The summed E-state index contributed by atoms with van der Waals surface area (Å²) in [6.07, 6.45) is 5.15. The maximum atomic E-state index is 12.9. The van der Waals surface area contributed by atoms with Crippen molar-refractivity contribution in [2.45, 2.75) is 6.54 Å². The highest BCUT2D eigenvalue weighted by Crippen LogP contribution is 2.37. The third-order valence-corrected chi connectivity index (χ3v) is 6.74. The van der Waals surface area contributed by atoms with Gasteiger partial charge in [-0.15, -0.1) is 0 Å². The van der Waals surface area contributed by atoms with Gasteiger partial charge in [0.2, 0.25) is 11.8 Å². The number of ether oxygens (including phenoxy) is 1. The molecule has 33 heavy (non-hydrogen) atoms. The number of pyridine rings is 1. The van der Waals surface area contributed by atoms with Crippen molar-refractivity contribution in [3.05, 3.63) is 53.7 Å². The molecule has 0 radical (unpaired) electrons. The Hall–Kier alpha value is -3.39. The van der Waals surface area contributed by atoms with E-state index in [0.29, 0.717) is 30.7 Å². The number of rotatable bonds is 4. The Morgan fingerprint density at radius 1 is 1.15 bits per heavy atom. The molecule has 8 heteroatoms. The van der Waals surface area contributed by atoms with Gasteiger partial charge in [-0.2, -0.15) is 0 Å². The molecule has 0 aliphatic carbocycles. The molecule has 0 bridgehead atoms. The van der Waals surface area contributed by atoms with Gasteiger partial charge in [0.25, 0.3) is 0 Å². The van der Waals surface area contributed by atoms with Crippen LogP contribution in [-0.2, 0) is 16.1 Å². The number of nitrogens with one attached hydrogen (secondary N) is 1. The molecule has 0 unspecified atom stereocenters. The average molecular weight is 448 g/mol. The summed E-state index contributed by atoms with van der Waals surface area (Å²) in [4.78, 5) is 35.4. The molecule has 8 nitrogen and oxygen atoms in total. The van der Waals surface area contributed by atoms with Crippen LogP contribution in [0.15, 0.2) is 42.6 Å². The Bertz CT molecular complexity index is 1090. The number of carbonyl (C=O) groups excluding carboxylic acids is 2. The van der Waals surface area contributed by atoms with Crippen LogP contribution in [0.4, 0.5) is 11.5 Å². The lowest BCUT2D eigenvalue weighted by molar-refractivity contribution is -0.125. The Morgan fingerprint density at radius 2 is 1.91 bits per heavy atom. The monoisotopic (exact) mass is 447 g/mol. The van der Waals surface area contributed by atoms with Crippen LogP contribution in [0.3, 0.4) is 0 Å². The van der Waals surface area contributed by atoms with E-state index in [0.717, 1.165) is 48.7 Å². The number of carbonyl (C=O) groups is 2. The van der Waals surface area contributed by atoms with Crippen molar-refractivity contribution >= 4 is 29.4 Å². The molecule has 4 heterocycles. The van der Waals surface area contributed by atoms with Gasteiger partial charge in [-0.05, 0) is 36.9 Å². The first-order valence-electron chi connectivity index (χ1n) is 11.3. The van der Waals surface area contributed by atoms with Gasteiger partial charge < -0.3 is 19.9 Å².